The van der Waals surface area contributed by atoms with E-state index in [1.165, 1.54) is 25.3 Å². The number of carbonyl (C=O) groups is 1. The van der Waals surface area contributed by atoms with Crippen molar-refractivity contribution in [3.8, 4) is 0 Å². The lowest BCUT2D eigenvalue weighted by atomic mass is 9.95. The van der Waals surface area contributed by atoms with Gasteiger partial charge in [0.2, 0.25) is 5.91 Å². The molecule has 5 heteroatoms. The van der Waals surface area contributed by atoms with Crippen molar-refractivity contribution in [1.29, 1.82) is 0 Å². The zero-order valence-corrected chi connectivity index (χ0v) is 13.1. The molecular weight excluding hydrogens is 300 g/mol. The van der Waals surface area contributed by atoms with Gasteiger partial charge in [-0.15, -0.1) is 0 Å². The molecule has 1 unspecified atom stereocenters. The second-order valence-electron chi connectivity index (χ2n) is 5.49. The van der Waals surface area contributed by atoms with Crippen molar-refractivity contribution in [3.05, 3.63) is 71.3 Å². The first-order valence-electron chi connectivity index (χ1n) is 7.26. The second kappa shape index (κ2) is 7.33. The highest BCUT2D eigenvalue weighted by Gasteiger charge is 2.29. The summed E-state index contributed by atoms with van der Waals surface area (Å²) < 4.78 is 32.2. The molecule has 2 aromatic rings. The summed E-state index contributed by atoms with van der Waals surface area (Å²) in [4.78, 5) is 12.0. The average molecular weight is 319 g/mol. The van der Waals surface area contributed by atoms with Crippen molar-refractivity contribution in [1.82, 2.24) is 5.32 Å². The van der Waals surface area contributed by atoms with Crippen LogP contribution in [0.2, 0.25) is 0 Å². The topological polar surface area (TPSA) is 38.3 Å². The van der Waals surface area contributed by atoms with E-state index in [4.69, 9.17) is 4.74 Å². The Bertz CT molecular complexity index is 673. The molecule has 1 atom stereocenters. The average Bonchev–Trinajstić information content (AvgIpc) is 2.55. The van der Waals surface area contributed by atoms with Crippen molar-refractivity contribution in [2.75, 3.05) is 13.7 Å². The number of hydrogen-bond donors (Lipinski definition) is 1. The Kier molecular flexibility index (Phi) is 5.45. The largest absolute Gasteiger partial charge is 0.372 e. The molecule has 0 aromatic heterocycles. The standard InChI is InChI=1S/C18H19F2NO2/c1-18(23-2,15-5-3-4-6-16(15)20)12-21-17(22)11-13-7-9-14(19)10-8-13/h3-10H,11-12H2,1-2H3,(H,21,22). The molecule has 2 aromatic carbocycles. The molecule has 23 heavy (non-hydrogen) atoms. The van der Waals surface area contributed by atoms with E-state index in [-0.39, 0.29) is 30.5 Å². The highest BCUT2D eigenvalue weighted by atomic mass is 19.1. The lowest BCUT2D eigenvalue weighted by Gasteiger charge is -2.29. The van der Waals surface area contributed by atoms with Gasteiger partial charge in [-0.25, -0.2) is 8.78 Å². The molecule has 0 heterocycles. The van der Waals surface area contributed by atoms with Crippen LogP contribution in [-0.4, -0.2) is 19.6 Å². The monoisotopic (exact) mass is 319 g/mol. The summed E-state index contributed by atoms with van der Waals surface area (Å²) >= 11 is 0. The van der Waals surface area contributed by atoms with E-state index in [2.05, 4.69) is 5.32 Å². The molecule has 2 rings (SSSR count). The number of rotatable bonds is 6. The lowest BCUT2D eigenvalue weighted by Crippen LogP contribution is -2.41. The van der Waals surface area contributed by atoms with Crippen LogP contribution >= 0.6 is 0 Å². The van der Waals surface area contributed by atoms with E-state index in [1.54, 1.807) is 37.3 Å². The van der Waals surface area contributed by atoms with Crippen molar-refractivity contribution < 1.29 is 18.3 Å². The smallest absolute Gasteiger partial charge is 0.224 e. The van der Waals surface area contributed by atoms with Gasteiger partial charge in [0.25, 0.3) is 0 Å². The third kappa shape index (κ3) is 4.36. The van der Waals surface area contributed by atoms with Gasteiger partial charge in [0.1, 0.15) is 17.2 Å². The van der Waals surface area contributed by atoms with Crippen LogP contribution in [0.1, 0.15) is 18.1 Å². The summed E-state index contributed by atoms with van der Waals surface area (Å²) in [5.74, 6) is -0.971. The Labute approximate surface area is 134 Å². The van der Waals surface area contributed by atoms with E-state index < -0.39 is 5.60 Å². The molecule has 0 radical (unpaired) electrons. The van der Waals surface area contributed by atoms with Gasteiger partial charge in [-0.3, -0.25) is 4.79 Å². The van der Waals surface area contributed by atoms with Crippen LogP contribution in [0, 0.1) is 11.6 Å². The first-order chi connectivity index (χ1) is 10.9. The predicted molar refractivity (Wildman–Crippen MR) is 83.9 cm³/mol. The van der Waals surface area contributed by atoms with Gasteiger partial charge >= 0.3 is 0 Å². The fourth-order valence-electron chi connectivity index (χ4n) is 2.28. The first kappa shape index (κ1) is 17.1. The van der Waals surface area contributed by atoms with Gasteiger partial charge in [0.15, 0.2) is 0 Å². The Morgan fingerprint density at radius 3 is 2.39 bits per heavy atom. The Morgan fingerprint density at radius 1 is 1.13 bits per heavy atom. The highest BCUT2D eigenvalue weighted by Crippen LogP contribution is 2.26. The molecule has 1 N–H and O–H groups in total. The second-order valence-corrected chi connectivity index (χ2v) is 5.49. The van der Waals surface area contributed by atoms with Crippen molar-refractivity contribution >= 4 is 5.91 Å². The van der Waals surface area contributed by atoms with E-state index in [9.17, 15) is 13.6 Å². The van der Waals surface area contributed by atoms with E-state index in [1.807, 2.05) is 0 Å². The van der Waals surface area contributed by atoms with Crippen molar-refractivity contribution in [3.63, 3.8) is 0 Å². The Balaban J connectivity index is 2.01. The number of benzene rings is 2. The zero-order valence-electron chi connectivity index (χ0n) is 13.1. The number of carbonyl (C=O) groups excluding carboxylic acids is 1. The molecule has 0 aliphatic carbocycles. The maximum atomic E-state index is 14.0. The number of hydrogen-bond acceptors (Lipinski definition) is 2. The molecule has 0 aliphatic heterocycles. The van der Waals surface area contributed by atoms with E-state index in [0.717, 1.165) is 0 Å². The molecule has 0 bridgehead atoms. The van der Waals surface area contributed by atoms with Gasteiger partial charge in [-0.2, -0.15) is 0 Å². The number of methoxy groups -OCH3 is 1. The summed E-state index contributed by atoms with van der Waals surface area (Å²) in [5.41, 5.74) is 0.113. The number of amides is 1. The van der Waals surface area contributed by atoms with Gasteiger partial charge < -0.3 is 10.1 Å². The van der Waals surface area contributed by atoms with Crippen LogP contribution in [0.4, 0.5) is 8.78 Å². The van der Waals surface area contributed by atoms with E-state index in [0.29, 0.717) is 11.1 Å². The third-order valence-corrected chi connectivity index (χ3v) is 3.79. The molecule has 0 aliphatic rings. The van der Waals surface area contributed by atoms with Crippen molar-refractivity contribution in [2.24, 2.45) is 0 Å². The number of ether oxygens (including phenoxy) is 1. The molecule has 0 saturated heterocycles. The molecule has 0 fully saturated rings. The van der Waals surface area contributed by atoms with Crippen molar-refractivity contribution in [2.45, 2.75) is 18.9 Å². The maximum Gasteiger partial charge on any atom is 0.224 e. The Morgan fingerprint density at radius 2 is 1.78 bits per heavy atom. The van der Waals surface area contributed by atoms with Gasteiger partial charge in [-0.1, -0.05) is 30.3 Å². The molecule has 122 valence electrons. The fourth-order valence-corrected chi connectivity index (χ4v) is 2.28. The minimum atomic E-state index is -0.968. The first-order valence-corrected chi connectivity index (χ1v) is 7.26. The summed E-state index contributed by atoms with van der Waals surface area (Å²) in [5, 5.41) is 2.74. The van der Waals surface area contributed by atoms with Crippen LogP contribution in [0.3, 0.4) is 0 Å². The third-order valence-electron chi connectivity index (χ3n) is 3.79. The molecule has 0 saturated carbocycles. The SMILES string of the molecule is COC(C)(CNC(=O)Cc1ccc(F)cc1)c1ccccc1F. The summed E-state index contributed by atoms with van der Waals surface area (Å²) in [6.07, 6.45) is 0.122. The minimum absolute atomic E-state index is 0.122. The molecular formula is C18H19F2NO2. The van der Waals surface area contributed by atoms with Gasteiger partial charge in [0, 0.05) is 12.7 Å². The normalized spacial score (nSPS) is 13.4. The Hall–Kier alpha value is -2.27. The maximum absolute atomic E-state index is 14.0. The van der Waals surface area contributed by atoms with Crippen LogP contribution in [0.5, 0.6) is 0 Å². The minimum Gasteiger partial charge on any atom is -0.372 e. The van der Waals surface area contributed by atoms with Crippen LogP contribution in [0.25, 0.3) is 0 Å². The summed E-state index contributed by atoms with van der Waals surface area (Å²) in [6.45, 7) is 1.84. The molecule has 3 nitrogen and oxygen atoms in total. The molecule has 1 amide bonds. The van der Waals surface area contributed by atoms with Crippen LogP contribution in [-0.2, 0) is 21.6 Å². The fraction of sp³-hybridized carbons (Fsp3) is 0.278. The zero-order chi connectivity index (χ0) is 16.9. The quantitative estimate of drug-likeness (QED) is 0.888. The summed E-state index contributed by atoms with van der Waals surface area (Å²) in [7, 11) is 1.47. The number of nitrogens with one attached hydrogen (secondary N) is 1. The summed E-state index contributed by atoms with van der Waals surface area (Å²) in [6, 6.07) is 12.0. The van der Waals surface area contributed by atoms with Crippen LogP contribution in [0.15, 0.2) is 48.5 Å². The van der Waals surface area contributed by atoms with E-state index >= 15 is 0 Å². The predicted octanol–water partition coefficient (Wildman–Crippen LogP) is 3.19. The van der Waals surface area contributed by atoms with Crippen LogP contribution < -0.4 is 5.32 Å². The lowest BCUT2D eigenvalue weighted by molar-refractivity contribution is -0.122. The number of halogens is 2. The van der Waals surface area contributed by atoms with Gasteiger partial charge in [0.05, 0.1) is 13.0 Å². The van der Waals surface area contributed by atoms with Gasteiger partial charge in [-0.05, 0) is 30.7 Å². The highest BCUT2D eigenvalue weighted by molar-refractivity contribution is 5.78. The molecule has 0 spiro atoms.